The highest BCUT2D eigenvalue weighted by molar-refractivity contribution is 7.20. The molecule has 0 N–H and O–H groups in total. The number of thiophene rings is 1. The van der Waals surface area contributed by atoms with E-state index in [0.717, 1.165) is 21.4 Å². The molecule has 11 heavy (non-hydrogen) atoms. The molecule has 0 aliphatic rings. The molecule has 0 radical (unpaired) electrons. The van der Waals surface area contributed by atoms with Gasteiger partial charge in [-0.2, -0.15) is 0 Å². The number of carbonyl (C=O) groups is 1. The molecule has 2 heterocycles. The fraction of sp³-hybridized carbons (Fsp3) is 0. The summed E-state index contributed by atoms with van der Waals surface area (Å²) < 4.78 is 1.06. The molecule has 0 aromatic carbocycles. The lowest BCUT2D eigenvalue weighted by Crippen LogP contribution is -1.67. The second-order valence-corrected chi connectivity index (χ2v) is 3.27. The normalized spacial score (nSPS) is 10.2. The van der Waals surface area contributed by atoms with Gasteiger partial charge in [0.1, 0.15) is 0 Å². The molecule has 0 atom stereocenters. The molecule has 0 fully saturated rings. The molecular weight excluding hydrogens is 158 g/mol. The molecule has 2 aromatic heterocycles. The molecular formula is C8H5NOS. The SMILES string of the molecule is O=Cc1cc2ncccc2s1. The Morgan fingerprint density at radius 3 is 3.18 bits per heavy atom. The minimum Gasteiger partial charge on any atom is -0.297 e. The molecule has 2 rings (SSSR count). The van der Waals surface area contributed by atoms with Crippen LogP contribution < -0.4 is 0 Å². The van der Waals surface area contributed by atoms with Crippen LogP contribution in [0.1, 0.15) is 9.67 Å². The second-order valence-electron chi connectivity index (χ2n) is 2.15. The quantitative estimate of drug-likeness (QED) is 0.602. The minimum absolute atomic E-state index is 0.735. The van der Waals surface area contributed by atoms with Crippen molar-refractivity contribution in [2.75, 3.05) is 0 Å². The van der Waals surface area contributed by atoms with E-state index in [0.29, 0.717) is 0 Å². The zero-order valence-corrected chi connectivity index (χ0v) is 6.47. The zero-order chi connectivity index (χ0) is 7.68. The van der Waals surface area contributed by atoms with Gasteiger partial charge < -0.3 is 0 Å². The Morgan fingerprint density at radius 2 is 2.45 bits per heavy atom. The first-order valence-corrected chi connectivity index (χ1v) is 4.01. The van der Waals surface area contributed by atoms with Crippen LogP contribution in [0.5, 0.6) is 0 Å². The topological polar surface area (TPSA) is 30.0 Å². The van der Waals surface area contributed by atoms with E-state index in [-0.39, 0.29) is 0 Å². The van der Waals surface area contributed by atoms with Gasteiger partial charge >= 0.3 is 0 Å². The monoisotopic (exact) mass is 163 g/mol. The van der Waals surface area contributed by atoms with Crippen LogP contribution in [-0.2, 0) is 0 Å². The molecule has 0 aliphatic carbocycles. The van der Waals surface area contributed by atoms with Crippen molar-refractivity contribution < 1.29 is 4.79 Å². The maximum Gasteiger partial charge on any atom is 0.160 e. The second kappa shape index (κ2) is 2.43. The fourth-order valence-corrected chi connectivity index (χ4v) is 1.78. The van der Waals surface area contributed by atoms with Crippen molar-refractivity contribution in [1.82, 2.24) is 4.98 Å². The van der Waals surface area contributed by atoms with E-state index in [4.69, 9.17) is 0 Å². The molecule has 2 aromatic rings. The lowest BCUT2D eigenvalue weighted by Gasteiger charge is -1.81. The minimum atomic E-state index is 0.735. The number of rotatable bonds is 1. The molecule has 0 amide bonds. The summed E-state index contributed by atoms with van der Waals surface area (Å²) >= 11 is 1.47. The van der Waals surface area contributed by atoms with Crippen LogP contribution in [0, 0.1) is 0 Å². The number of pyridine rings is 1. The van der Waals surface area contributed by atoms with Crippen molar-refractivity contribution in [3.8, 4) is 0 Å². The average molecular weight is 163 g/mol. The van der Waals surface area contributed by atoms with Crippen LogP contribution in [0.3, 0.4) is 0 Å². The van der Waals surface area contributed by atoms with Gasteiger partial charge in [-0.05, 0) is 18.2 Å². The van der Waals surface area contributed by atoms with Crippen molar-refractivity contribution in [3.63, 3.8) is 0 Å². The predicted molar refractivity (Wildman–Crippen MR) is 45.0 cm³/mol. The zero-order valence-electron chi connectivity index (χ0n) is 5.65. The standard InChI is InChI=1S/C8H5NOS/c10-5-6-4-7-8(11-6)2-1-3-9-7/h1-5H. The van der Waals surface area contributed by atoms with Crippen molar-refractivity contribution in [3.05, 3.63) is 29.3 Å². The lowest BCUT2D eigenvalue weighted by molar-refractivity contribution is 0.112. The van der Waals surface area contributed by atoms with E-state index in [9.17, 15) is 4.79 Å². The van der Waals surface area contributed by atoms with Gasteiger partial charge in [0.15, 0.2) is 6.29 Å². The maximum absolute atomic E-state index is 10.4. The van der Waals surface area contributed by atoms with Gasteiger partial charge in [-0.15, -0.1) is 11.3 Å². The maximum atomic E-state index is 10.4. The van der Waals surface area contributed by atoms with Gasteiger partial charge in [0.05, 0.1) is 15.1 Å². The third-order valence-corrected chi connectivity index (χ3v) is 2.44. The Balaban J connectivity index is 2.78. The molecule has 0 bridgehead atoms. The predicted octanol–water partition coefficient (Wildman–Crippen LogP) is 2.11. The van der Waals surface area contributed by atoms with Crippen molar-refractivity contribution in [1.29, 1.82) is 0 Å². The molecule has 0 saturated carbocycles. The third kappa shape index (κ3) is 1.03. The van der Waals surface area contributed by atoms with Crippen molar-refractivity contribution in [2.24, 2.45) is 0 Å². The van der Waals surface area contributed by atoms with Crippen molar-refractivity contribution >= 4 is 27.8 Å². The van der Waals surface area contributed by atoms with Crippen LogP contribution in [0.15, 0.2) is 24.4 Å². The lowest BCUT2D eigenvalue weighted by atomic mass is 10.4. The molecule has 0 unspecified atom stereocenters. The number of fused-ring (bicyclic) bond motifs is 1. The highest BCUT2D eigenvalue weighted by Crippen LogP contribution is 2.21. The number of hydrogen-bond acceptors (Lipinski definition) is 3. The Morgan fingerprint density at radius 1 is 1.55 bits per heavy atom. The van der Waals surface area contributed by atoms with E-state index in [1.807, 2.05) is 12.1 Å². The summed E-state index contributed by atoms with van der Waals surface area (Å²) in [5.41, 5.74) is 0.902. The van der Waals surface area contributed by atoms with E-state index < -0.39 is 0 Å². The molecule has 0 saturated heterocycles. The number of aromatic nitrogens is 1. The molecule has 2 nitrogen and oxygen atoms in total. The average Bonchev–Trinajstić information content (AvgIpc) is 2.46. The van der Waals surface area contributed by atoms with Gasteiger partial charge in [0.25, 0.3) is 0 Å². The van der Waals surface area contributed by atoms with Gasteiger partial charge in [0, 0.05) is 6.20 Å². The Hall–Kier alpha value is -1.22. The van der Waals surface area contributed by atoms with E-state index in [1.54, 1.807) is 12.3 Å². The summed E-state index contributed by atoms with van der Waals surface area (Å²) in [6, 6.07) is 5.63. The van der Waals surface area contributed by atoms with Crippen LogP contribution in [0.25, 0.3) is 10.2 Å². The Bertz CT molecular complexity index is 361. The molecule has 3 heteroatoms. The number of aldehydes is 1. The Kier molecular flexibility index (Phi) is 1.43. The first-order chi connectivity index (χ1) is 5.40. The largest absolute Gasteiger partial charge is 0.297 e. The Labute approximate surface area is 67.5 Å². The van der Waals surface area contributed by atoms with Crippen LogP contribution in [-0.4, -0.2) is 11.3 Å². The highest BCUT2D eigenvalue weighted by Gasteiger charge is 1.98. The van der Waals surface area contributed by atoms with Crippen molar-refractivity contribution in [2.45, 2.75) is 0 Å². The highest BCUT2D eigenvalue weighted by atomic mass is 32.1. The number of hydrogen-bond donors (Lipinski definition) is 0. The summed E-state index contributed by atoms with van der Waals surface area (Å²) in [4.78, 5) is 15.2. The van der Waals surface area contributed by atoms with Gasteiger partial charge in [0.2, 0.25) is 0 Å². The summed E-state index contributed by atoms with van der Waals surface area (Å²) in [5, 5.41) is 0. The van der Waals surface area contributed by atoms with E-state index >= 15 is 0 Å². The molecule has 0 aliphatic heterocycles. The first kappa shape index (κ1) is 6.49. The molecule has 0 spiro atoms. The fourth-order valence-electron chi connectivity index (χ4n) is 0.947. The summed E-state index contributed by atoms with van der Waals surface area (Å²) in [5.74, 6) is 0. The van der Waals surface area contributed by atoms with Gasteiger partial charge in [-0.1, -0.05) is 0 Å². The van der Waals surface area contributed by atoms with Gasteiger partial charge in [-0.3, -0.25) is 9.78 Å². The summed E-state index contributed by atoms with van der Waals surface area (Å²) in [6.45, 7) is 0. The van der Waals surface area contributed by atoms with Crippen LogP contribution >= 0.6 is 11.3 Å². The van der Waals surface area contributed by atoms with Gasteiger partial charge in [-0.25, -0.2) is 0 Å². The summed E-state index contributed by atoms with van der Waals surface area (Å²) in [7, 11) is 0. The number of nitrogens with zero attached hydrogens (tertiary/aromatic N) is 1. The number of carbonyl (C=O) groups excluding carboxylic acids is 1. The third-order valence-electron chi connectivity index (χ3n) is 1.42. The smallest absolute Gasteiger partial charge is 0.160 e. The van der Waals surface area contributed by atoms with E-state index in [2.05, 4.69) is 4.98 Å². The first-order valence-electron chi connectivity index (χ1n) is 3.20. The van der Waals surface area contributed by atoms with E-state index in [1.165, 1.54) is 11.3 Å². The van der Waals surface area contributed by atoms with Crippen LogP contribution in [0.2, 0.25) is 0 Å². The molecule has 54 valence electrons. The van der Waals surface area contributed by atoms with Crippen LogP contribution in [0.4, 0.5) is 0 Å². The summed E-state index contributed by atoms with van der Waals surface area (Å²) in [6.07, 6.45) is 2.58.